The highest BCUT2D eigenvalue weighted by molar-refractivity contribution is 5.66. The van der Waals surface area contributed by atoms with Gasteiger partial charge in [0, 0.05) is 5.56 Å². The van der Waals surface area contributed by atoms with Crippen LogP contribution in [-0.4, -0.2) is 0 Å². The van der Waals surface area contributed by atoms with E-state index in [2.05, 4.69) is 0 Å². The van der Waals surface area contributed by atoms with Gasteiger partial charge in [-0.2, -0.15) is 5.26 Å². The third-order valence-corrected chi connectivity index (χ3v) is 2.27. The Bertz CT molecular complexity index is 553. The van der Waals surface area contributed by atoms with E-state index in [-0.39, 0.29) is 11.4 Å². The second-order valence-corrected chi connectivity index (χ2v) is 3.29. The van der Waals surface area contributed by atoms with Gasteiger partial charge in [0.1, 0.15) is 17.7 Å². The lowest BCUT2D eigenvalue weighted by atomic mass is 10.0. The molecule has 1 nitrogen and oxygen atoms in total. The molecule has 0 fully saturated rings. The zero-order valence-corrected chi connectivity index (χ0v) is 8.24. The topological polar surface area (TPSA) is 23.8 Å². The molecular weight excluding hydrogens is 208 g/mol. The number of nitrogens with zero attached hydrogens (tertiary/aromatic N) is 1. The Morgan fingerprint density at radius 1 is 0.938 bits per heavy atom. The molecule has 0 aliphatic rings. The summed E-state index contributed by atoms with van der Waals surface area (Å²) >= 11 is 0. The van der Waals surface area contributed by atoms with Crippen molar-refractivity contribution in [3.63, 3.8) is 0 Å². The van der Waals surface area contributed by atoms with Crippen LogP contribution in [0.15, 0.2) is 42.5 Å². The first-order valence-corrected chi connectivity index (χ1v) is 4.67. The van der Waals surface area contributed by atoms with Crippen LogP contribution in [-0.2, 0) is 0 Å². The molecule has 0 aliphatic carbocycles. The van der Waals surface area contributed by atoms with Crippen LogP contribution in [0.1, 0.15) is 5.56 Å². The lowest BCUT2D eigenvalue weighted by Crippen LogP contribution is -1.89. The first kappa shape index (κ1) is 10.3. The average Bonchev–Trinajstić information content (AvgIpc) is 2.31. The van der Waals surface area contributed by atoms with Crippen molar-refractivity contribution in [2.24, 2.45) is 0 Å². The van der Waals surface area contributed by atoms with Gasteiger partial charge in [0.05, 0.1) is 5.56 Å². The molecule has 0 saturated carbocycles. The molecule has 0 saturated heterocycles. The van der Waals surface area contributed by atoms with Crippen LogP contribution >= 0.6 is 0 Å². The second-order valence-electron chi connectivity index (χ2n) is 3.29. The summed E-state index contributed by atoms with van der Waals surface area (Å²) < 4.78 is 26.4. The van der Waals surface area contributed by atoms with Crippen LogP contribution in [0.3, 0.4) is 0 Å². The van der Waals surface area contributed by atoms with Crippen LogP contribution in [0.2, 0.25) is 0 Å². The van der Waals surface area contributed by atoms with Crippen LogP contribution in [0, 0.1) is 23.0 Å². The zero-order valence-electron chi connectivity index (χ0n) is 8.24. The molecule has 3 heteroatoms. The molecule has 2 aromatic rings. The molecule has 0 heterocycles. The molecule has 0 aliphatic heterocycles. The fourth-order valence-electron chi connectivity index (χ4n) is 1.47. The minimum atomic E-state index is -0.573. The predicted octanol–water partition coefficient (Wildman–Crippen LogP) is 3.50. The Morgan fingerprint density at radius 2 is 1.62 bits per heavy atom. The summed E-state index contributed by atoms with van der Waals surface area (Å²) in [5.74, 6) is -0.947. The highest BCUT2D eigenvalue weighted by atomic mass is 19.1. The summed E-state index contributed by atoms with van der Waals surface area (Å²) in [4.78, 5) is 0. The van der Waals surface area contributed by atoms with Gasteiger partial charge in [-0.1, -0.05) is 24.3 Å². The largest absolute Gasteiger partial charge is 0.207 e. The Hall–Kier alpha value is -2.21. The maximum absolute atomic E-state index is 13.7. The number of rotatable bonds is 1. The van der Waals surface area contributed by atoms with Crippen LogP contribution in [0.5, 0.6) is 0 Å². The van der Waals surface area contributed by atoms with E-state index in [1.54, 1.807) is 18.2 Å². The molecule has 0 unspecified atom stereocenters. The summed E-state index contributed by atoms with van der Waals surface area (Å²) in [7, 11) is 0. The monoisotopic (exact) mass is 215 g/mol. The quantitative estimate of drug-likeness (QED) is 0.714. The molecule has 2 aromatic carbocycles. The molecule has 0 radical (unpaired) electrons. The van der Waals surface area contributed by atoms with Gasteiger partial charge in [0.2, 0.25) is 0 Å². The highest BCUT2D eigenvalue weighted by Gasteiger charge is 2.09. The average molecular weight is 215 g/mol. The van der Waals surface area contributed by atoms with Gasteiger partial charge in [-0.05, 0) is 23.8 Å². The van der Waals surface area contributed by atoms with Crippen molar-refractivity contribution in [2.75, 3.05) is 0 Å². The van der Waals surface area contributed by atoms with Crippen LogP contribution in [0.4, 0.5) is 8.78 Å². The molecule has 0 spiro atoms. The van der Waals surface area contributed by atoms with Crippen molar-refractivity contribution in [3.8, 4) is 17.2 Å². The lowest BCUT2D eigenvalue weighted by Gasteiger charge is -2.04. The van der Waals surface area contributed by atoms with E-state index in [4.69, 9.17) is 5.26 Å². The normalized spacial score (nSPS) is 9.81. The summed E-state index contributed by atoms with van der Waals surface area (Å²) in [6.45, 7) is 0. The van der Waals surface area contributed by atoms with E-state index < -0.39 is 5.82 Å². The van der Waals surface area contributed by atoms with Gasteiger partial charge in [0.25, 0.3) is 0 Å². The Labute approximate surface area is 91.6 Å². The summed E-state index contributed by atoms with van der Waals surface area (Å²) in [6, 6.07) is 11.8. The minimum Gasteiger partial charge on any atom is -0.207 e. The standard InChI is InChI=1S/C13H7F2N/c14-11-6-4-9(5-7-11)12-3-1-2-10(8-16)13(12)15/h1-7H. The van der Waals surface area contributed by atoms with E-state index in [1.165, 1.54) is 30.3 Å². The van der Waals surface area contributed by atoms with E-state index in [0.29, 0.717) is 11.1 Å². The van der Waals surface area contributed by atoms with Crippen molar-refractivity contribution in [2.45, 2.75) is 0 Å². The van der Waals surface area contributed by atoms with Gasteiger partial charge < -0.3 is 0 Å². The van der Waals surface area contributed by atoms with Gasteiger partial charge in [-0.25, -0.2) is 8.78 Å². The maximum Gasteiger partial charge on any atom is 0.148 e. The highest BCUT2D eigenvalue weighted by Crippen LogP contribution is 2.24. The number of halogens is 2. The molecule has 2 rings (SSSR count). The molecule has 0 atom stereocenters. The number of hydrogen-bond acceptors (Lipinski definition) is 1. The fraction of sp³-hybridized carbons (Fsp3) is 0. The Morgan fingerprint density at radius 3 is 2.25 bits per heavy atom. The molecule has 0 amide bonds. The Balaban J connectivity index is 2.57. The smallest absolute Gasteiger partial charge is 0.148 e. The van der Waals surface area contributed by atoms with Gasteiger partial charge in [-0.15, -0.1) is 0 Å². The second kappa shape index (κ2) is 4.11. The number of benzene rings is 2. The molecule has 16 heavy (non-hydrogen) atoms. The van der Waals surface area contributed by atoms with Crippen LogP contribution < -0.4 is 0 Å². The lowest BCUT2D eigenvalue weighted by molar-refractivity contribution is 0.624. The van der Waals surface area contributed by atoms with Crippen molar-refractivity contribution < 1.29 is 8.78 Å². The van der Waals surface area contributed by atoms with Crippen molar-refractivity contribution in [3.05, 3.63) is 59.7 Å². The van der Waals surface area contributed by atoms with Crippen molar-refractivity contribution in [1.29, 1.82) is 5.26 Å². The molecule has 0 aromatic heterocycles. The minimum absolute atomic E-state index is 0.0122. The third kappa shape index (κ3) is 1.78. The van der Waals surface area contributed by atoms with Crippen molar-refractivity contribution in [1.82, 2.24) is 0 Å². The predicted molar refractivity (Wildman–Crippen MR) is 56.5 cm³/mol. The van der Waals surface area contributed by atoms with E-state index in [9.17, 15) is 8.78 Å². The summed E-state index contributed by atoms with van der Waals surface area (Å²) in [5, 5.41) is 8.68. The first-order chi connectivity index (χ1) is 7.72. The number of nitriles is 1. The van der Waals surface area contributed by atoms with Gasteiger partial charge in [-0.3, -0.25) is 0 Å². The third-order valence-electron chi connectivity index (χ3n) is 2.27. The fourth-order valence-corrected chi connectivity index (χ4v) is 1.47. The summed E-state index contributed by atoms with van der Waals surface area (Å²) in [6.07, 6.45) is 0. The van der Waals surface area contributed by atoms with Crippen molar-refractivity contribution >= 4 is 0 Å². The zero-order chi connectivity index (χ0) is 11.5. The van der Waals surface area contributed by atoms with E-state index in [0.717, 1.165) is 0 Å². The Kier molecular flexibility index (Phi) is 2.65. The van der Waals surface area contributed by atoms with E-state index in [1.807, 2.05) is 0 Å². The van der Waals surface area contributed by atoms with Gasteiger partial charge in [0.15, 0.2) is 0 Å². The summed E-state index contributed by atoms with van der Waals surface area (Å²) in [5.41, 5.74) is 0.844. The van der Waals surface area contributed by atoms with Crippen LogP contribution in [0.25, 0.3) is 11.1 Å². The first-order valence-electron chi connectivity index (χ1n) is 4.67. The molecule has 0 bridgehead atoms. The molecule has 78 valence electrons. The number of hydrogen-bond donors (Lipinski definition) is 0. The molecule has 0 N–H and O–H groups in total. The SMILES string of the molecule is N#Cc1cccc(-c2ccc(F)cc2)c1F. The maximum atomic E-state index is 13.7. The van der Waals surface area contributed by atoms with Gasteiger partial charge >= 0.3 is 0 Å². The molecular formula is C13H7F2N. The van der Waals surface area contributed by atoms with E-state index >= 15 is 0 Å².